The molecule has 1 fully saturated rings. The quantitative estimate of drug-likeness (QED) is 0.561. The number of amides is 2. The van der Waals surface area contributed by atoms with Crippen molar-refractivity contribution in [1.82, 2.24) is 9.80 Å². The summed E-state index contributed by atoms with van der Waals surface area (Å²) in [5.41, 5.74) is 1.08. The molecule has 1 atom stereocenters. The smallest absolute Gasteiger partial charge is 0.256 e. The first-order chi connectivity index (χ1) is 18.0. The molecule has 2 aromatic carbocycles. The topological polar surface area (TPSA) is 59.1 Å². The van der Waals surface area contributed by atoms with E-state index in [9.17, 15) is 14.0 Å². The first kappa shape index (κ1) is 27.1. The molecule has 2 heterocycles. The van der Waals surface area contributed by atoms with Gasteiger partial charge in [0.2, 0.25) is 5.91 Å². The molecule has 7 heteroatoms. The van der Waals surface area contributed by atoms with E-state index < -0.39 is 5.60 Å². The third-order valence-corrected chi connectivity index (χ3v) is 7.41. The Bertz CT molecular complexity index is 1040. The molecule has 0 radical (unpaired) electrons. The van der Waals surface area contributed by atoms with Crippen LogP contribution in [0.1, 0.15) is 56.6 Å². The summed E-state index contributed by atoms with van der Waals surface area (Å²) in [7, 11) is 0. The van der Waals surface area contributed by atoms with E-state index in [1.54, 1.807) is 17.0 Å². The lowest BCUT2D eigenvalue weighted by Gasteiger charge is -2.44. The number of unbranched alkanes of at least 4 members (excludes halogenated alkanes) is 1. The number of halogens is 1. The SMILES string of the molecule is CCCCN1CCOc2ccccc2CCCCC2(CN(C(=O)CCc3ccc(F)cc3)CCO2)C1=O. The van der Waals surface area contributed by atoms with Crippen molar-refractivity contribution in [3.05, 3.63) is 65.5 Å². The number of carbonyl (C=O) groups excluding carboxylic acids is 2. The van der Waals surface area contributed by atoms with Gasteiger partial charge in [0, 0.05) is 19.5 Å². The van der Waals surface area contributed by atoms with Crippen LogP contribution in [0.25, 0.3) is 0 Å². The van der Waals surface area contributed by atoms with Crippen LogP contribution in [0.15, 0.2) is 48.5 Å². The molecule has 37 heavy (non-hydrogen) atoms. The van der Waals surface area contributed by atoms with Gasteiger partial charge in [-0.2, -0.15) is 0 Å². The van der Waals surface area contributed by atoms with Crippen LogP contribution < -0.4 is 4.74 Å². The third-order valence-electron chi connectivity index (χ3n) is 7.41. The second kappa shape index (κ2) is 13.0. The lowest BCUT2D eigenvalue weighted by Crippen LogP contribution is -2.62. The van der Waals surface area contributed by atoms with Crippen molar-refractivity contribution >= 4 is 11.8 Å². The van der Waals surface area contributed by atoms with Crippen LogP contribution in [-0.4, -0.2) is 66.6 Å². The summed E-state index contributed by atoms with van der Waals surface area (Å²) >= 11 is 0. The van der Waals surface area contributed by atoms with Gasteiger partial charge in [0.05, 0.1) is 19.7 Å². The van der Waals surface area contributed by atoms with Crippen molar-refractivity contribution in [3.63, 3.8) is 0 Å². The average molecular weight is 511 g/mol. The predicted octanol–water partition coefficient (Wildman–Crippen LogP) is 4.79. The first-order valence-electron chi connectivity index (χ1n) is 13.7. The Morgan fingerprint density at radius 3 is 2.68 bits per heavy atom. The summed E-state index contributed by atoms with van der Waals surface area (Å²) in [6.45, 7) is 4.75. The van der Waals surface area contributed by atoms with E-state index in [1.165, 1.54) is 17.7 Å². The average Bonchev–Trinajstić information content (AvgIpc) is 2.92. The largest absolute Gasteiger partial charge is 0.491 e. The summed E-state index contributed by atoms with van der Waals surface area (Å²) in [5.74, 6) is 0.581. The Morgan fingerprint density at radius 1 is 1.05 bits per heavy atom. The molecule has 1 unspecified atom stereocenters. The van der Waals surface area contributed by atoms with E-state index in [4.69, 9.17) is 9.47 Å². The molecule has 1 saturated heterocycles. The summed E-state index contributed by atoms with van der Waals surface area (Å²) in [4.78, 5) is 30.9. The van der Waals surface area contributed by atoms with E-state index in [0.717, 1.165) is 43.4 Å². The summed E-state index contributed by atoms with van der Waals surface area (Å²) in [6, 6.07) is 14.4. The minimum atomic E-state index is -1.03. The molecule has 0 aliphatic carbocycles. The van der Waals surface area contributed by atoms with Gasteiger partial charge >= 0.3 is 0 Å². The number of carbonyl (C=O) groups is 2. The maximum atomic E-state index is 14.0. The molecule has 1 spiro atoms. The lowest BCUT2D eigenvalue weighted by atomic mass is 9.90. The Labute approximate surface area is 219 Å². The van der Waals surface area contributed by atoms with Crippen molar-refractivity contribution in [2.75, 3.05) is 39.4 Å². The number of hydrogen-bond acceptors (Lipinski definition) is 4. The Hall–Kier alpha value is -2.93. The highest BCUT2D eigenvalue weighted by Crippen LogP contribution is 2.30. The molecule has 2 aliphatic heterocycles. The van der Waals surface area contributed by atoms with Crippen LogP contribution in [0.4, 0.5) is 4.39 Å². The third kappa shape index (κ3) is 7.10. The maximum Gasteiger partial charge on any atom is 0.256 e. The Morgan fingerprint density at radius 2 is 1.86 bits per heavy atom. The lowest BCUT2D eigenvalue weighted by molar-refractivity contribution is -0.176. The minimum absolute atomic E-state index is 0.00304. The van der Waals surface area contributed by atoms with Gasteiger partial charge in [-0.1, -0.05) is 43.7 Å². The molecule has 2 aliphatic rings. The van der Waals surface area contributed by atoms with Gasteiger partial charge in [-0.3, -0.25) is 9.59 Å². The van der Waals surface area contributed by atoms with Gasteiger partial charge in [0.15, 0.2) is 5.60 Å². The van der Waals surface area contributed by atoms with Crippen molar-refractivity contribution < 1.29 is 23.5 Å². The fourth-order valence-electron chi connectivity index (χ4n) is 5.24. The van der Waals surface area contributed by atoms with Crippen molar-refractivity contribution in [3.8, 4) is 5.75 Å². The van der Waals surface area contributed by atoms with E-state index in [0.29, 0.717) is 52.1 Å². The fraction of sp³-hybridized carbons (Fsp3) is 0.533. The summed E-state index contributed by atoms with van der Waals surface area (Å²) in [6.07, 6.45) is 5.93. The summed E-state index contributed by atoms with van der Waals surface area (Å²) in [5, 5.41) is 0. The molecule has 0 bridgehead atoms. The van der Waals surface area contributed by atoms with Gasteiger partial charge in [-0.15, -0.1) is 0 Å². The number of nitrogens with zero attached hydrogens (tertiary/aromatic N) is 2. The second-order valence-corrected chi connectivity index (χ2v) is 10.1. The van der Waals surface area contributed by atoms with Crippen molar-refractivity contribution in [2.24, 2.45) is 0 Å². The van der Waals surface area contributed by atoms with Crippen LogP contribution >= 0.6 is 0 Å². The van der Waals surface area contributed by atoms with E-state index in [-0.39, 0.29) is 24.2 Å². The monoisotopic (exact) mass is 510 g/mol. The Balaban J connectivity index is 1.49. The van der Waals surface area contributed by atoms with Gasteiger partial charge in [-0.25, -0.2) is 4.39 Å². The van der Waals surface area contributed by atoms with Crippen LogP contribution in [0, 0.1) is 5.82 Å². The van der Waals surface area contributed by atoms with Crippen LogP contribution in [0.2, 0.25) is 0 Å². The molecular weight excluding hydrogens is 471 g/mol. The van der Waals surface area contributed by atoms with Gasteiger partial charge in [0.1, 0.15) is 18.2 Å². The number of ether oxygens (including phenoxy) is 2. The zero-order valence-corrected chi connectivity index (χ0v) is 21.9. The zero-order chi connectivity index (χ0) is 26.1. The molecular formula is C30H39FN2O4. The van der Waals surface area contributed by atoms with Gasteiger partial charge < -0.3 is 19.3 Å². The van der Waals surface area contributed by atoms with E-state index >= 15 is 0 Å². The molecule has 0 saturated carbocycles. The van der Waals surface area contributed by atoms with Gasteiger partial charge in [0.25, 0.3) is 5.91 Å². The number of rotatable bonds is 6. The zero-order valence-electron chi connectivity index (χ0n) is 21.9. The normalized spacial score (nSPS) is 21.1. The van der Waals surface area contributed by atoms with Crippen molar-refractivity contribution in [1.29, 1.82) is 0 Å². The Kier molecular flexibility index (Phi) is 9.56. The summed E-state index contributed by atoms with van der Waals surface area (Å²) < 4.78 is 25.6. The number of fused-ring (bicyclic) bond motifs is 1. The highest BCUT2D eigenvalue weighted by Gasteiger charge is 2.46. The van der Waals surface area contributed by atoms with Crippen LogP contribution in [0.5, 0.6) is 5.75 Å². The molecule has 0 N–H and O–H groups in total. The van der Waals surface area contributed by atoms with E-state index in [2.05, 4.69) is 13.0 Å². The van der Waals surface area contributed by atoms with Crippen molar-refractivity contribution in [2.45, 2.75) is 63.9 Å². The first-order valence-corrected chi connectivity index (χ1v) is 13.7. The van der Waals surface area contributed by atoms with Crippen LogP contribution in [-0.2, 0) is 27.2 Å². The molecule has 4 rings (SSSR count). The maximum absolute atomic E-state index is 14.0. The standard InChI is InChI=1S/C30H39FN2O4/c1-2-3-18-32-19-21-36-27-10-5-4-8-25(27)9-6-7-17-30(29(32)35)23-33(20-22-37-30)28(34)16-13-24-11-14-26(31)15-12-24/h4-5,8,10-12,14-15H,2-3,6-7,9,13,16-23H2,1H3. The highest BCUT2D eigenvalue weighted by molar-refractivity contribution is 5.87. The fourth-order valence-corrected chi connectivity index (χ4v) is 5.24. The number of hydrogen-bond donors (Lipinski definition) is 0. The van der Waals surface area contributed by atoms with E-state index in [1.807, 2.05) is 23.1 Å². The second-order valence-electron chi connectivity index (χ2n) is 10.1. The van der Waals surface area contributed by atoms with Gasteiger partial charge in [-0.05, 0) is 67.9 Å². The highest BCUT2D eigenvalue weighted by atomic mass is 19.1. The molecule has 0 aromatic heterocycles. The number of benzene rings is 2. The number of para-hydroxylation sites is 1. The number of morpholine rings is 1. The molecule has 2 aromatic rings. The minimum Gasteiger partial charge on any atom is -0.491 e. The predicted molar refractivity (Wildman–Crippen MR) is 141 cm³/mol. The molecule has 200 valence electrons. The molecule has 2 amide bonds. The number of aryl methyl sites for hydroxylation is 2. The molecule has 6 nitrogen and oxygen atoms in total. The van der Waals surface area contributed by atoms with Crippen LogP contribution in [0.3, 0.4) is 0 Å².